The SMILES string of the molecule is Cc1nc2ncnn2c(C)c1CC(=O)OCC(=O)N1C[C@H](C)C[C@@H](C)C1. The molecule has 0 aliphatic carbocycles. The molecule has 0 N–H and O–H groups in total. The van der Waals surface area contributed by atoms with E-state index in [2.05, 4.69) is 28.9 Å². The van der Waals surface area contributed by atoms with E-state index in [1.165, 1.54) is 6.33 Å². The maximum absolute atomic E-state index is 12.3. The largest absolute Gasteiger partial charge is 0.455 e. The van der Waals surface area contributed by atoms with Crippen LogP contribution >= 0.6 is 0 Å². The van der Waals surface area contributed by atoms with E-state index in [1.54, 1.807) is 9.42 Å². The Morgan fingerprint density at radius 1 is 1.23 bits per heavy atom. The number of aromatic nitrogens is 4. The van der Waals surface area contributed by atoms with Crippen molar-refractivity contribution >= 4 is 17.7 Å². The molecule has 0 spiro atoms. The number of esters is 1. The summed E-state index contributed by atoms with van der Waals surface area (Å²) in [6.07, 6.45) is 2.61. The maximum Gasteiger partial charge on any atom is 0.310 e. The molecule has 26 heavy (non-hydrogen) atoms. The zero-order valence-electron chi connectivity index (χ0n) is 15.7. The van der Waals surface area contributed by atoms with Gasteiger partial charge in [0.1, 0.15) is 6.33 Å². The van der Waals surface area contributed by atoms with Crippen molar-refractivity contribution in [1.29, 1.82) is 0 Å². The van der Waals surface area contributed by atoms with E-state index in [1.807, 2.05) is 13.8 Å². The molecule has 3 heterocycles. The van der Waals surface area contributed by atoms with Gasteiger partial charge in [0.15, 0.2) is 6.61 Å². The third-order valence-corrected chi connectivity index (χ3v) is 4.89. The second-order valence-corrected chi connectivity index (χ2v) is 7.32. The van der Waals surface area contributed by atoms with Gasteiger partial charge in [-0.3, -0.25) is 9.59 Å². The predicted octanol–water partition coefficient (Wildman–Crippen LogP) is 1.33. The highest BCUT2D eigenvalue weighted by atomic mass is 16.5. The van der Waals surface area contributed by atoms with Crippen molar-refractivity contribution in [2.24, 2.45) is 11.8 Å². The monoisotopic (exact) mass is 359 g/mol. The standard InChI is InChI=1S/C18H25N5O3/c1-11-5-12(2)8-22(7-11)16(24)9-26-17(25)6-15-13(3)21-18-19-10-20-23(18)14(15)4/h10-12H,5-9H2,1-4H3/t11-,12-/m1/s1. The van der Waals surface area contributed by atoms with Crippen LogP contribution in [0.5, 0.6) is 0 Å². The summed E-state index contributed by atoms with van der Waals surface area (Å²) in [6.45, 7) is 9.21. The molecule has 1 saturated heterocycles. The van der Waals surface area contributed by atoms with Crippen molar-refractivity contribution in [2.45, 2.75) is 40.5 Å². The van der Waals surface area contributed by atoms with Crippen LogP contribution < -0.4 is 0 Å². The third kappa shape index (κ3) is 3.84. The van der Waals surface area contributed by atoms with Gasteiger partial charge in [0.05, 0.1) is 6.42 Å². The topological polar surface area (TPSA) is 89.7 Å². The molecule has 0 saturated carbocycles. The lowest BCUT2D eigenvalue weighted by Gasteiger charge is -2.34. The minimum atomic E-state index is -0.441. The van der Waals surface area contributed by atoms with Crippen LogP contribution in [0.25, 0.3) is 5.78 Å². The summed E-state index contributed by atoms with van der Waals surface area (Å²) < 4.78 is 6.83. The Labute approximate surface area is 152 Å². The summed E-state index contributed by atoms with van der Waals surface area (Å²) in [7, 11) is 0. The van der Waals surface area contributed by atoms with Gasteiger partial charge in [0, 0.05) is 30.0 Å². The lowest BCUT2D eigenvalue weighted by atomic mass is 9.92. The molecule has 0 bridgehead atoms. The molecule has 8 heteroatoms. The number of rotatable bonds is 4. The van der Waals surface area contributed by atoms with Crippen LogP contribution in [0.15, 0.2) is 6.33 Å². The zero-order valence-corrected chi connectivity index (χ0v) is 15.7. The van der Waals surface area contributed by atoms with Gasteiger partial charge >= 0.3 is 5.97 Å². The number of amides is 1. The van der Waals surface area contributed by atoms with E-state index in [0.717, 1.165) is 30.8 Å². The van der Waals surface area contributed by atoms with Gasteiger partial charge in [0.2, 0.25) is 0 Å². The first-order valence-corrected chi connectivity index (χ1v) is 8.94. The maximum atomic E-state index is 12.3. The highest BCUT2D eigenvalue weighted by molar-refractivity contribution is 5.81. The Kier molecular flexibility index (Phi) is 5.20. The first-order chi connectivity index (χ1) is 12.3. The number of hydrogen-bond donors (Lipinski definition) is 0. The number of carbonyl (C=O) groups is 2. The number of piperidine rings is 1. The van der Waals surface area contributed by atoms with Gasteiger partial charge in [-0.1, -0.05) is 13.8 Å². The third-order valence-electron chi connectivity index (χ3n) is 4.89. The smallest absolute Gasteiger partial charge is 0.310 e. The zero-order chi connectivity index (χ0) is 18.8. The molecule has 8 nitrogen and oxygen atoms in total. The summed E-state index contributed by atoms with van der Waals surface area (Å²) in [5.41, 5.74) is 2.26. The summed E-state index contributed by atoms with van der Waals surface area (Å²) in [6, 6.07) is 0. The molecule has 140 valence electrons. The van der Waals surface area contributed by atoms with E-state index >= 15 is 0 Å². The first kappa shape index (κ1) is 18.3. The summed E-state index contributed by atoms with van der Waals surface area (Å²) in [5.74, 6) is 0.882. The molecular formula is C18H25N5O3. The van der Waals surface area contributed by atoms with Crippen LogP contribution in [0.2, 0.25) is 0 Å². The van der Waals surface area contributed by atoms with Crippen molar-refractivity contribution in [1.82, 2.24) is 24.5 Å². The Balaban J connectivity index is 1.60. The quantitative estimate of drug-likeness (QED) is 0.765. The normalized spacial score (nSPS) is 20.4. The molecule has 2 aromatic rings. The fourth-order valence-corrected chi connectivity index (χ4v) is 3.71. The number of likely N-dealkylation sites (tertiary alicyclic amines) is 1. The lowest BCUT2D eigenvalue weighted by Crippen LogP contribution is -2.44. The van der Waals surface area contributed by atoms with Crippen LogP contribution in [-0.2, 0) is 20.7 Å². The van der Waals surface area contributed by atoms with Crippen LogP contribution in [0.4, 0.5) is 0 Å². The highest BCUT2D eigenvalue weighted by Gasteiger charge is 2.26. The van der Waals surface area contributed by atoms with Crippen molar-refractivity contribution in [3.05, 3.63) is 23.3 Å². The second-order valence-electron chi connectivity index (χ2n) is 7.32. The van der Waals surface area contributed by atoms with Gasteiger partial charge in [-0.2, -0.15) is 10.1 Å². The highest BCUT2D eigenvalue weighted by Crippen LogP contribution is 2.21. The number of hydrogen-bond acceptors (Lipinski definition) is 6. The molecule has 1 aliphatic rings. The van der Waals surface area contributed by atoms with Gasteiger partial charge in [-0.05, 0) is 32.1 Å². The number of ether oxygens (including phenoxy) is 1. The van der Waals surface area contributed by atoms with Crippen molar-refractivity contribution < 1.29 is 14.3 Å². The summed E-state index contributed by atoms with van der Waals surface area (Å²) in [4.78, 5) is 34.8. The Bertz CT molecular complexity index is 822. The van der Waals surface area contributed by atoms with E-state index in [4.69, 9.17) is 4.74 Å². The average molecular weight is 359 g/mol. The van der Waals surface area contributed by atoms with Crippen molar-refractivity contribution in [3.8, 4) is 0 Å². The molecular weight excluding hydrogens is 334 g/mol. The van der Waals surface area contributed by atoms with E-state index in [9.17, 15) is 9.59 Å². The minimum Gasteiger partial charge on any atom is -0.455 e. The second kappa shape index (κ2) is 7.39. The van der Waals surface area contributed by atoms with Crippen LogP contribution in [0.3, 0.4) is 0 Å². The van der Waals surface area contributed by atoms with E-state index in [-0.39, 0.29) is 18.9 Å². The first-order valence-electron chi connectivity index (χ1n) is 8.94. The van der Waals surface area contributed by atoms with E-state index < -0.39 is 5.97 Å². The van der Waals surface area contributed by atoms with Gasteiger partial charge in [-0.15, -0.1) is 0 Å². The van der Waals surface area contributed by atoms with Gasteiger partial charge < -0.3 is 9.64 Å². The van der Waals surface area contributed by atoms with Crippen molar-refractivity contribution in [2.75, 3.05) is 19.7 Å². The van der Waals surface area contributed by atoms with Gasteiger partial charge in [0.25, 0.3) is 11.7 Å². The lowest BCUT2D eigenvalue weighted by molar-refractivity contribution is -0.152. The van der Waals surface area contributed by atoms with Crippen molar-refractivity contribution in [3.63, 3.8) is 0 Å². The molecule has 1 aliphatic heterocycles. The van der Waals surface area contributed by atoms with Crippen LogP contribution in [-0.4, -0.2) is 56.1 Å². The Morgan fingerprint density at radius 2 is 1.92 bits per heavy atom. The molecule has 0 radical (unpaired) electrons. The number of nitrogens with zero attached hydrogens (tertiary/aromatic N) is 5. The van der Waals surface area contributed by atoms with Gasteiger partial charge in [-0.25, -0.2) is 9.50 Å². The summed E-state index contributed by atoms with van der Waals surface area (Å²) >= 11 is 0. The molecule has 1 fully saturated rings. The van der Waals surface area contributed by atoms with E-state index in [0.29, 0.717) is 23.3 Å². The fraction of sp³-hybridized carbons (Fsp3) is 0.611. The molecule has 2 aromatic heterocycles. The predicted molar refractivity (Wildman–Crippen MR) is 94.4 cm³/mol. The Morgan fingerprint density at radius 3 is 2.62 bits per heavy atom. The average Bonchev–Trinajstić information content (AvgIpc) is 3.04. The summed E-state index contributed by atoms with van der Waals surface area (Å²) in [5, 5.41) is 4.11. The Hall–Kier alpha value is -2.51. The molecule has 3 rings (SSSR count). The minimum absolute atomic E-state index is 0.0561. The molecule has 2 atom stereocenters. The van der Waals surface area contributed by atoms with Crippen LogP contribution in [0, 0.1) is 25.7 Å². The number of aryl methyl sites for hydroxylation is 2. The molecule has 0 aromatic carbocycles. The molecule has 1 amide bonds. The number of carbonyl (C=O) groups excluding carboxylic acids is 2. The number of fused-ring (bicyclic) bond motifs is 1. The fourth-order valence-electron chi connectivity index (χ4n) is 3.71. The van der Waals surface area contributed by atoms with Crippen LogP contribution in [0.1, 0.15) is 37.2 Å². The molecule has 0 unspecified atom stereocenters.